The van der Waals surface area contributed by atoms with Crippen molar-refractivity contribution in [1.29, 1.82) is 0 Å². The molecule has 2 rings (SSSR count). The number of hydrogen-bond acceptors (Lipinski definition) is 6. The van der Waals surface area contributed by atoms with Crippen molar-refractivity contribution in [2.45, 2.75) is 6.54 Å². The van der Waals surface area contributed by atoms with Gasteiger partial charge < -0.3 is 20.1 Å². The highest BCUT2D eigenvalue weighted by atomic mass is 32.1. The minimum absolute atomic E-state index is 0.0460. The van der Waals surface area contributed by atoms with Gasteiger partial charge in [0.25, 0.3) is 0 Å². The van der Waals surface area contributed by atoms with Gasteiger partial charge in [0.05, 0.1) is 26.5 Å². The van der Waals surface area contributed by atoms with Crippen molar-refractivity contribution in [3.63, 3.8) is 0 Å². The number of nitrogens with zero attached hydrogens (tertiary/aromatic N) is 1. The molecule has 6 nitrogen and oxygen atoms in total. The van der Waals surface area contributed by atoms with E-state index in [0.29, 0.717) is 18.0 Å². The quantitative estimate of drug-likeness (QED) is 0.811. The van der Waals surface area contributed by atoms with Crippen LogP contribution in [0.4, 0.5) is 0 Å². The number of ether oxygens (including phenoxy) is 2. The predicted octanol–water partition coefficient (Wildman–Crippen LogP) is 1.66. The summed E-state index contributed by atoms with van der Waals surface area (Å²) in [6.07, 6.45) is 0. The van der Waals surface area contributed by atoms with E-state index in [2.05, 4.69) is 15.6 Å². The lowest BCUT2D eigenvalue weighted by molar-refractivity contribution is -0.119. The van der Waals surface area contributed by atoms with Crippen LogP contribution < -0.4 is 20.1 Å². The van der Waals surface area contributed by atoms with Gasteiger partial charge in [0.15, 0.2) is 11.5 Å². The summed E-state index contributed by atoms with van der Waals surface area (Å²) in [5.74, 6) is 1.32. The molecule has 0 aliphatic heterocycles. The second-order valence-corrected chi connectivity index (χ2v) is 5.35. The van der Waals surface area contributed by atoms with Gasteiger partial charge in [0.2, 0.25) is 5.91 Å². The first kappa shape index (κ1) is 16.3. The second kappa shape index (κ2) is 7.77. The average Bonchev–Trinajstić information content (AvgIpc) is 3.02. The number of carbonyl (C=O) groups excluding carboxylic acids is 1. The van der Waals surface area contributed by atoms with Crippen LogP contribution in [-0.4, -0.2) is 38.7 Å². The van der Waals surface area contributed by atoms with Crippen LogP contribution in [0.25, 0.3) is 10.6 Å². The molecule has 0 unspecified atom stereocenters. The maximum atomic E-state index is 11.1. The van der Waals surface area contributed by atoms with Crippen molar-refractivity contribution in [3.8, 4) is 22.1 Å². The number of nitrogens with one attached hydrogen (secondary N) is 2. The number of carbonyl (C=O) groups is 1. The summed E-state index contributed by atoms with van der Waals surface area (Å²) in [5, 5.41) is 8.48. The number of hydrogen-bond donors (Lipinski definition) is 2. The van der Waals surface area contributed by atoms with E-state index in [4.69, 9.17) is 9.47 Å². The van der Waals surface area contributed by atoms with E-state index >= 15 is 0 Å². The maximum absolute atomic E-state index is 11.1. The monoisotopic (exact) mass is 321 g/mol. The van der Waals surface area contributed by atoms with Crippen LogP contribution >= 0.6 is 11.3 Å². The van der Waals surface area contributed by atoms with Gasteiger partial charge in [-0.2, -0.15) is 0 Å². The van der Waals surface area contributed by atoms with E-state index in [-0.39, 0.29) is 12.5 Å². The molecule has 0 bridgehead atoms. The molecule has 0 saturated carbocycles. The fraction of sp³-hybridized carbons (Fsp3) is 0.333. The van der Waals surface area contributed by atoms with Crippen LogP contribution in [-0.2, 0) is 11.3 Å². The van der Waals surface area contributed by atoms with Crippen molar-refractivity contribution in [2.24, 2.45) is 0 Å². The number of likely N-dealkylation sites (N-methyl/N-ethyl adjacent to an activating group) is 1. The Labute approximate surface area is 133 Å². The lowest BCUT2D eigenvalue weighted by Crippen LogP contribution is -2.31. The number of methoxy groups -OCH3 is 2. The smallest absolute Gasteiger partial charge is 0.233 e. The lowest BCUT2D eigenvalue weighted by atomic mass is 10.2. The summed E-state index contributed by atoms with van der Waals surface area (Å²) in [4.78, 5) is 15.7. The summed E-state index contributed by atoms with van der Waals surface area (Å²) in [7, 11) is 4.83. The molecule has 1 heterocycles. The highest BCUT2D eigenvalue weighted by molar-refractivity contribution is 7.13. The molecule has 0 saturated heterocycles. The number of rotatable bonds is 7. The number of amides is 1. The van der Waals surface area contributed by atoms with E-state index in [0.717, 1.165) is 16.3 Å². The van der Waals surface area contributed by atoms with Gasteiger partial charge in [0, 0.05) is 24.5 Å². The molecule has 1 aromatic carbocycles. The fourth-order valence-electron chi connectivity index (χ4n) is 1.88. The molecule has 1 aromatic heterocycles. The maximum Gasteiger partial charge on any atom is 0.233 e. The minimum Gasteiger partial charge on any atom is -0.493 e. The molecule has 0 aliphatic rings. The van der Waals surface area contributed by atoms with Gasteiger partial charge in [0.1, 0.15) is 5.01 Å². The Hall–Kier alpha value is -2.12. The number of aromatic nitrogens is 1. The van der Waals surface area contributed by atoms with Crippen LogP contribution in [0.15, 0.2) is 23.6 Å². The van der Waals surface area contributed by atoms with Gasteiger partial charge in [-0.25, -0.2) is 4.98 Å². The van der Waals surface area contributed by atoms with Gasteiger partial charge >= 0.3 is 0 Å². The average molecular weight is 321 g/mol. The first-order chi connectivity index (χ1) is 10.7. The third-order valence-corrected chi connectivity index (χ3v) is 3.99. The molecule has 0 radical (unpaired) electrons. The molecule has 0 aliphatic carbocycles. The van der Waals surface area contributed by atoms with Gasteiger partial charge in [-0.05, 0) is 18.2 Å². The molecule has 118 valence electrons. The Morgan fingerprint density at radius 3 is 2.73 bits per heavy atom. The zero-order valence-corrected chi connectivity index (χ0v) is 13.6. The molecule has 2 N–H and O–H groups in total. The molecule has 7 heteroatoms. The first-order valence-corrected chi connectivity index (χ1v) is 7.64. The van der Waals surface area contributed by atoms with Crippen molar-refractivity contribution in [1.82, 2.24) is 15.6 Å². The van der Waals surface area contributed by atoms with E-state index in [1.807, 2.05) is 23.6 Å². The first-order valence-electron chi connectivity index (χ1n) is 6.76. The molecule has 1 amide bonds. The molecular weight excluding hydrogens is 302 g/mol. The number of thiazole rings is 1. The second-order valence-electron chi connectivity index (χ2n) is 4.49. The molecule has 0 spiro atoms. The van der Waals surface area contributed by atoms with Crippen molar-refractivity contribution >= 4 is 17.2 Å². The Balaban J connectivity index is 2.06. The molecular formula is C15H19N3O3S. The summed E-state index contributed by atoms with van der Waals surface area (Å²) < 4.78 is 10.5. The molecule has 22 heavy (non-hydrogen) atoms. The van der Waals surface area contributed by atoms with Crippen LogP contribution in [0, 0.1) is 0 Å². The van der Waals surface area contributed by atoms with E-state index in [1.54, 1.807) is 32.6 Å². The lowest BCUT2D eigenvalue weighted by Gasteiger charge is -2.08. The van der Waals surface area contributed by atoms with Crippen LogP contribution in [0.1, 0.15) is 5.69 Å². The third kappa shape index (κ3) is 3.96. The van der Waals surface area contributed by atoms with Crippen LogP contribution in [0.5, 0.6) is 11.5 Å². The third-order valence-electron chi connectivity index (χ3n) is 3.05. The molecule has 0 fully saturated rings. The van der Waals surface area contributed by atoms with Crippen molar-refractivity contribution in [3.05, 3.63) is 29.3 Å². The van der Waals surface area contributed by atoms with Gasteiger partial charge in [-0.1, -0.05) is 0 Å². The number of benzene rings is 1. The topological polar surface area (TPSA) is 72.5 Å². The van der Waals surface area contributed by atoms with Crippen molar-refractivity contribution in [2.75, 3.05) is 27.8 Å². The Bertz CT molecular complexity index is 643. The summed E-state index contributed by atoms with van der Waals surface area (Å²) in [6, 6.07) is 5.71. The standard InChI is InChI=1S/C15H19N3O3S/c1-16-14(19)8-17-7-11-9-22-15(18-11)10-4-5-12(20-2)13(6-10)21-3/h4-6,9,17H,7-8H2,1-3H3,(H,16,19). The van der Waals surface area contributed by atoms with E-state index in [9.17, 15) is 4.79 Å². The van der Waals surface area contributed by atoms with Crippen LogP contribution in [0.3, 0.4) is 0 Å². The van der Waals surface area contributed by atoms with E-state index < -0.39 is 0 Å². The van der Waals surface area contributed by atoms with E-state index in [1.165, 1.54) is 0 Å². The van der Waals surface area contributed by atoms with Gasteiger partial charge in [-0.3, -0.25) is 4.79 Å². The molecule has 2 aromatic rings. The highest BCUT2D eigenvalue weighted by Gasteiger charge is 2.09. The predicted molar refractivity (Wildman–Crippen MR) is 86.4 cm³/mol. The zero-order valence-electron chi connectivity index (χ0n) is 12.8. The largest absolute Gasteiger partial charge is 0.493 e. The van der Waals surface area contributed by atoms with Crippen LogP contribution in [0.2, 0.25) is 0 Å². The normalized spacial score (nSPS) is 10.3. The van der Waals surface area contributed by atoms with Gasteiger partial charge in [-0.15, -0.1) is 11.3 Å². The zero-order chi connectivity index (χ0) is 15.9. The Morgan fingerprint density at radius 1 is 1.27 bits per heavy atom. The Morgan fingerprint density at radius 2 is 2.05 bits per heavy atom. The summed E-state index contributed by atoms with van der Waals surface area (Å²) >= 11 is 1.55. The summed E-state index contributed by atoms with van der Waals surface area (Å²) in [6.45, 7) is 0.830. The Kier molecular flexibility index (Phi) is 5.74. The SMILES string of the molecule is CNC(=O)CNCc1csc(-c2ccc(OC)c(OC)c2)n1. The molecule has 0 atom stereocenters. The minimum atomic E-state index is -0.0460. The highest BCUT2D eigenvalue weighted by Crippen LogP contribution is 2.33. The fourth-order valence-corrected chi connectivity index (χ4v) is 2.70. The van der Waals surface area contributed by atoms with Crippen molar-refractivity contribution < 1.29 is 14.3 Å². The summed E-state index contributed by atoms with van der Waals surface area (Å²) in [5.41, 5.74) is 1.87.